The predicted octanol–water partition coefficient (Wildman–Crippen LogP) is 5.28. The fraction of sp³-hybridized carbons (Fsp3) is 0.481. The van der Waals surface area contributed by atoms with Crippen LogP contribution in [0.15, 0.2) is 52.9 Å². The van der Waals surface area contributed by atoms with Gasteiger partial charge in [-0.15, -0.1) is 10.2 Å². The molecule has 8 heteroatoms. The van der Waals surface area contributed by atoms with Crippen molar-refractivity contribution in [2.24, 2.45) is 17.6 Å². The zero-order chi connectivity index (χ0) is 25.1. The van der Waals surface area contributed by atoms with Crippen LogP contribution in [0.5, 0.6) is 0 Å². The number of nitrogens with zero attached hydrogens (tertiary/aromatic N) is 2. The number of hydrogen-bond donors (Lipinski definition) is 2. The first kappa shape index (κ1) is 25.4. The normalized spacial score (nSPS) is 19.3. The molecular weight excluding hydrogens is 460 g/mol. The van der Waals surface area contributed by atoms with Gasteiger partial charge >= 0.3 is 0 Å². The second-order valence-electron chi connectivity index (χ2n) is 10.2. The third-order valence-corrected chi connectivity index (χ3v) is 8.06. The number of anilines is 1. The molecule has 1 aliphatic carbocycles. The molecule has 3 N–H and O–H groups in total. The zero-order valence-electron chi connectivity index (χ0n) is 20.8. The van der Waals surface area contributed by atoms with E-state index in [1.165, 1.54) is 6.42 Å². The van der Waals surface area contributed by atoms with E-state index in [0.29, 0.717) is 35.9 Å². The van der Waals surface area contributed by atoms with Crippen molar-refractivity contribution in [3.63, 3.8) is 0 Å². The molecule has 1 fully saturated rings. The highest BCUT2D eigenvalue weighted by Gasteiger charge is 2.32. The first-order chi connectivity index (χ1) is 16.6. The standard InChI is InChI=1S/C27H36N4O3S/c1-4-5-13-35(32,33)31-24-16-21(11-12-22-14-19(22)2)15-23(17-24)25-29-30-26(34-25)27(3,28)18-20-9-7-6-8-10-20/h6-10,15-17,19,22,31H,4-5,11-14,18,28H2,1-3H3. The van der Waals surface area contributed by atoms with Crippen molar-refractivity contribution in [2.75, 3.05) is 10.5 Å². The largest absolute Gasteiger partial charge is 0.419 e. The maximum Gasteiger partial charge on any atom is 0.247 e. The highest BCUT2D eigenvalue weighted by molar-refractivity contribution is 7.92. The van der Waals surface area contributed by atoms with Gasteiger partial charge in [-0.05, 0) is 80.2 Å². The van der Waals surface area contributed by atoms with Crippen LogP contribution in [0, 0.1) is 11.8 Å². The molecule has 0 amide bonds. The van der Waals surface area contributed by atoms with Crippen molar-refractivity contribution in [1.29, 1.82) is 0 Å². The molecule has 0 radical (unpaired) electrons. The van der Waals surface area contributed by atoms with E-state index in [1.807, 2.05) is 56.3 Å². The van der Waals surface area contributed by atoms with Crippen LogP contribution in [-0.2, 0) is 28.4 Å². The molecule has 1 aliphatic rings. The summed E-state index contributed by atoms with van der Waals surface area (Å²) in [5.41, 5.74) is 9.07. The average Bonchev–Trinajstić information content (AvgIpc) is 3.29. The topological polar surface area (TPSA) is 111 Å². The summed E-state index contributed by atoms with van der Waals surface area (Å²) in [6.45, 7) is 6.12. The quantitative estimate of drug-likeness (QED) is 0.353. The molecule has 1 heterocycles. The summed E-state index contributed by atoms with van der Waals surface area (Å²) >= 11 is 0. The van der Waals surface area contributed by atoms with E-state index < -0.39 is 15.6 Å². The predicted molar refractivity (Wildman–Crippen MR) is 139 cm³/mol. The highest BCUT2D eigenvalue weighted by Crippen LogP contribution is 2.41. The van der Waals surface area contributed by atoms with Crippen LogP contribution >= 0.6 is 0 Å². The Morgan fingerprint density at radius 2 is 1.89 bits per heavy atom. The number of benzene rings is 2. The van der Waals surface area contributed by atoms with Crippen LogP contribution in [-0.4, -0.2) is 24.4 Å². The maximum absolute atomic E-state index is 12.6. The Hall–Kier alpha value is -2.71. The second-order valence-corrected chi connectivity index (χ2v) is 12.0. The maximum atomic E-state index is 12.6. The summed E-state index contributed by atoms with van der Waals surface area (Å²) < 4.78 is 33.9. The Morgan fingerprint density at radius 3 is 2.57 bits per heavy atom. The van der Waals surface area contributed by atoms with E-state index in [0.717, 1.165) is 42.2 Å². The number of aryl methyl sites for hydroxylation is 1. The lowest BCUT2D eigenvalue weighted by Crippen LogP contribution is -2.35. The van der Waals surface area contributed by atoms with Gasteiger partial charge < -0.3 is 10.2 Å². The molecule has 1 aromatic heterocycles. The number of unbranched alkanes of at least 4 members (excludes halogenated alkanes) is 1. The lowest BCUT2D eigenvalue weighted by atomic mass is 9.94. The summed E-state index contributed by atoms with van der Waals surface area (Å²) in [5.74, 6) is 2.29. The lowest BCUT2D eigenvalue weighted by Gasteiger charge is -2.20. The van der Waals surface area contributed by atoms with Crippen molar-refractivity contribution in [1.82, 2.24) is 10.2 Å². The van der Waals surface area contributed by atoms with E-state index in [9.17, 15) is 8.42 Å². The highest BCUT2D eigenvalue weighted by atomic mass is 32.2. The fourth-order valence-corrected chi connectivity index (χ4v) is 5.65. The molecule has 0 saturated heterocycles. The van der Waals surface area contributed by atoms with E-state index in [1.54, 1.807) is 6.07 Å². The minimum atomic E-state index is -3.43. The van der Waals surface area contributed by atoms with Gasteiger partial charge in [-0.25, -0.2) is 8.42 Å². The second kappa shape index (κ2) is 10.5. The number of nitrogens with two attached hydrogens (primary N) is 1. The van der Waals surface area contributed by atoms with Crippen LogP contribution in [0.2, 0.25) is 0 Å². The Morgan fingerprint density at radius 1 is 1.14 bits per heavy atom. The molecule has 3 atom stereocenters. The Kier molecular flexibility index (Phi) is 7.62. The van der Waals surface area contributed by atoms with Gasteiger partial charge in [0.1, 0.15) is 0 Å². The van der Waals surface area contributed by atoms with Crippen LogP contribution in [0.4, 0.5) is 5.69 Å². The summed E-state index contributed by atoms with van der Waals surface area (Å²) in [6.07, 6.45) is 5.20. The smallest absolute Gasteiger partial charge is 0.247 e. The molecule has 3 unspecified atom stereocenters. The third-order valence-electron chi connectivity index (χ3n) is 6.69. The van der Waals surface area contributed by atoms with Gasteiger partial charge in [-0.1, -0.05) is 50.6 Å². The molecule has 3 aromatic rings. The zero-order valence-corrected chi connectivity index (χ0v) is 21.6. The summed E-state index contributed by atoms with van der Waals surface area (Å²) in [7, 11) is -3.43. The molecule has 7 nitrogen and oxygen atoms in total. The van der Waals surface area contributed by atoms with Crippen LogP contribution in [0.3, 0.4) is 0 Å². The lowest BCUT2D eigenvalue weighted by molar-refractivity contribution is 0.355. The molecule has 1 saturated carbocycles. The van der Waals surface area contributed by atoms with Gasteiger partial charge in [0.25, 0.3) is 0 Å². The number of rotatable bonds is 12. The first-order valence-electron chi connectivity index (χ1n) is 12.5. The van der Waals surface area contributed by atoms with E-state index in [2.05, 4.69) is 21.8 Å². The number of sulfonamides is 1. The number of hydrogen-bond acceptors (Lipinski definition) is 6. The van der Waals surface area contributed by atoms with Crippen LogP contribution < -0.4 is 10.5 Å². The Labute approximate surface area is 208 Å². The van der Waals surface area contributed by atoms with Crippen molar-refractivity contribution >= 4 is 15.7 Å². The minimum Gasteiger partial charge on any atom is -0.419 e. The summed E-state index contributed by atoms with van der Waals surface area (Å²) in [6, 6.07) is 15.6. The molecule has 0 aliphatic heterocycles. The molecule has 35 heavy (non-hydrogen) atoms. The van der Waals surface area contributed by atoms with Crippen molar-refractivity contribution < 1.29 is 12.8 Å². The van der Waals surface area contributed by atoms with Gasteiger partial charge in [0, 0.05) is 11.3 Å². The fourth-order valence-electron chi connectivity index (χ4n) is 4.40. The average molecular weight is 497 g/mol. The SMILES string of the molecule is CCCCS(=O)(=O)Nc1cc(CCC2CC2C)cc(-c2nnc(C(C)(N)Cc3ccccc3)o2)c1. The van der Waals surface area contributed by atoms with Gasteiger partial charge in [-0.2, -0.15) is 0 Å². The van der Waals surface area contributed by atoms with Crippen LogP contribution in [0.1, 0.15) is 63.5 Å². The van der Waals surface area contributed by atoms with Gasteiger partial charge in [-0.3, -0.25) is 4.72 Å². The molecule has 188 valence electrons. The van der Waals surface area contributed by atoms with Crippen LogP contribution in [0.25, 0.3) is 11.5 Å². The van der Waals surface area contributed by atoms with E-state index in [4.69, 9.17) is 10.2 Å². The third kappa shape index (κ3) is 6.92. The minimum absolute atomic E-state index is 0.0956. The number of nitrogens with one attached hydrogen (secondary N) is 1. The molecular formula is C27H36N4O3S. The number of aromatic nitrogens is 2. The molecule has 0 bridgehead atoms. The van der Waals surface area contributed by atoms with Crippen molar-refractivity contribution in [2.45, 2.75) is 64.8 Å². The van der Waals surface area contributed by atoms with E-state index in [-0.39, 0.29) is 5.75 Å². The molecule has 4 rings (SSSR count). The summed E-state index contributed by atoms with van der Waals surface area (Å²) in [5, 5.41) is 8.52. The molecule has 0 spiro atoms. The van der Waals surface area contributed by atoms with Crippen molar-refractivity contribution in [3.05, 3.63) is 65.5 Å². The molecule has 2 aromatic carbocycles. The first-order valence-corrected chi connectivity index (χ1v) is 14.1. The van der Waals surface area contributed by atoms with E-state index >= 15 is 0 Å². The monoisotopic (exact) mass is 496 g/mol. The Bertz CT molecular complexity index is 1240. The van der Waals surface area contributed by atoms with Gasteiger partial charge in [0.2, 0.25) is 21.8 Å². The summed E-state index contributed by atoms with van der Waals surface area (Å²) in [4.78, 5) is 0. The van der Waals surface area contributed by atoms with Gasteiger partial charge in [0.05, 0.1) is 11.3 Å². The van der Waals surface area contributed by atoms with Gasteiger partial charge in [0.15, 0.2) is 0 Å². The Balaban J connectivity index is 1.59. The van der Waals surface area contributed by atoms with Crippen molar-refractivity contribution in [3.8, 4) is 11.5 Å².